The van der Waals surface area contributed by atoms with Crippen LogP contribution in [0.2, 0.25) is 0 Å². The monoisotopic (exact) mass is 171 g/mol. The van der Waals surface area contributed by atoms with Crippen LogP contribution < -0.4 is 5.46 Å². The van der Waals surface area contributed by atoms with E-state index in [2.05, 4.69) is 0 Å². The van der Waals surface area contributed by atoms with E-state index in [0.717, 1.165) is 6.07 Å². The number of nitro groups is 1. The van der Waals surface area contributed by atoms with Crippen LogP contribution in [0.4, 0.5) is 14.5 Å². The van der Waals surface area contributed by atoms with Gasteiger partial charge < -0.3 is 0 Å². The maximum absolute atomic E-state index is 12.8. The van der Waals surface area contributed by atoms with Crippen molar-refractivity contribution in [1.82, 2.24) is 0 Å². The van der Waals surface area contributed by atoms with Crippen LogP contribution in [0.1, 0.15) is 0 Å². The van der Waals surface area contributed by atoms with E-state index in [0.29, 0.717) is 6.07 Å². The van der Waals surface area contributed by atoms with Gasteiger partial charge in [-0.1, -0.05) is 0 Å². The molecule has 0 aromatic heterocycles. The summed E-state index contributed by atoms with van der Waals surface area (Å²) in [4.78, 5) is 9.17. The summed E-state index contributed by atoms with van der Waals surface area (Å²) in [5, 5.41) is 10.1. The fourth-order valence-electron chi connectivity index (χ4n) is 0.841. The molecule has 6 heteroatoms. The average Bonchev–Trinajstić information content (AvgIpc) is 1.96. The van der Waals surface area contributed by atoms with E-state index in [1.54, 1.807) is 0 Å². The molecule has 0 aliphatic rings. The highest BCUT2D eigenvalue weighted by Crippen LogP contribution is 2.15. The molecule has 0 saturated heterocycles. The van der Waals surface area contributed by atoms with Crippen molar-refractivity contribution in [2.24, 2.45) is 0 Å². The number of hydrogen-bond donors (Lipinski definition) is 0. The molecule has 12 heavy (non-hydrogen) atoms. The minimum Gasteiger partial charge on any atom is -0.258 e. The van der Waals surface area contributed by atoms with E-state index in [4.69, 9.17) is 0 Å². The zero-order chi connectivity index (χ0) is 9.30. The van der Waals surface area contributed by atoms with Gasteiger partial charge in [-0.15, -0.1) is 0 Å². The molecule has 0 bridgehead atoms. The number of nitro benzene ring substituents is 1. The number of rotatable bonds is 1. The van der Waals surface area contributed by atoms with Gasteiger partial charge in [-0.3, -0.25) is 10.1 Å². The van der Waals surface area contributed by atoms with Crippen LogP contribution in [0.15, 0.2) is 12.1 Å². The third-order valence-electron chi connectivity index (χ3n) is 1.40. The van der Waals surface area contributed by atoms with Gasteiger partial charge in [0.25, 0.3) is 0 Å². The molecular formula is C6H4BF2NO2. The van der Waals surface area contributed by atoms with E-state index < -0.39 is 22.2 Å². The molecule has 0 heterocycles. The van der Waals surface area contributed by atoms with Gasteiger partial charge in [-0.05, 0) is 11.5 Å². The predicted molar refractivity (Wildman–Crippen MR) is 41.2 cm³/mol. The van der Waals surface area contributed by atoms with Crippen LogP contribution in [-0.2, 0) is 0 Å². The summed E-state index contributed by atoms with van der Waals surface area (Å²) in [5.41, 5.74) is -0.894. The van der Waals surface area contributed by atoms with Gasteiger partial charge in [0.1, 0.15) is 13.7 Å². The topological polar surface area (TPSA) is 43.1 Å². The molecule has 0 spiro atoms. The molecule has 1 aromatic rings. The summed E-state index contributed by atoms with van der Waals surface area (Å²) in [6.45, 7) is 0. The molecular weight excluding hydrogens is 167 g/mol. The minimum atomic E-state index is -0.985. The molecule has 0 amide bonds. The highest BCUT2D eigenvalue weighted by atomic mass is 19.1. The Morgan fingerprint density at radius 3 is 2.50 bits per heavy atom. The summed E-state index contributed by atoms with van der Waals surface area (Å²) in [5.74, 6) is -1.79. The van der Waals surface area contributed by atoms with Crippen molar-refractivity contribution >= 4 is 19.0 Å². The number of benzene rings is 1. The van der Waals surface area contributed by atoms with Crippen molar-refractivity contribution in [3.8, 4) is 0 Å². The number of hydrogen-bond acceptors (Lipinski definition) is 2. The lowest BCUT2D eigenvalue weighted by atomic mass is 9.95. The van der Waals surface area contributed by atoms with Gasteiger partial charge in [0.2, 0.25) is 0 Å². The normalized spacial score (nSPS) is 9.83. The van der Waals surface area contributed by atoms with E-state index in [1.165, 1.54) is 7.85 Å². The molecule has 1 rings (SSSR count). The van der Waals surface area contributed by atoms with Crippen LogP contribution in [0, 0.1) is 21.7 Å². The van der Waals surface area contributed by atoms with Gasteiger partial charge in [-0.2, -0.15) is 0 Å². The highest BCUT2D eigenvalue weighted by Gasteiger charge is 2.17. The van der Waals surface area contributed by atoms with E-state index in [9.17, 15) is 18.9 Å². The van der Waals surface area contributed by atoms with E-state index in [1.807, 2.05) is 0 Å². The quantitative estimate of drug-likeness (QED) is 0.342. The van der Waals surface area contributed by atoms with Crippen molar-refractivity contribution in [3.05, 3.63) is 33.9 Å². The molecule has 0 atom stereocenters. The van der Waals surface area contributed by atoms with Gasteiger partial charge in [-0.25, -0.2) is 8.78 Å². The maximum atomic E-state index is 12.8. The third-order valence-corrected chi connectivity index (χ3v) is 1.40. The van der Waals surface area contributed by atoms with Crippen LogP contribution in [0.3, 0.4) is 0 Å². The summed E-state index contributed by atoms with van der Waals surface area (Å²) >= 11 is 0. The summed E-state index contributed by atoms with van der Waals surface area (Å²) < 4.78 is 25.3. The summed E-state index contributed by atoms with van der Waals surface area (Å²) in [6, 6.07) is 1.46. The van der Waals surface area contributed by atoms with Crippen molar-refractivity contribution in [2.45, 2.75) is 0 Å². The number of halogens is 2. The smallest absolute Gasteiger partial charge is 0.258 e. The molecule has 0 N–H and O–H groups in total. The Bertz CT molecular complexity index is 343. The van der Waals surface area contributed by atoms with Gasteiger partial charge in [0, 0.05) is 0 Å². The molecule has 0 aliphatic heterocycles. The van der Waals surface area contributed by atoms with E-state index >= 15 is 0 Å². The lowest BCUT2D eigenvalue weighted by molar-refractivity contribution is -0.387. The van der Waals surface area contributed by atoms with Crippen LogP contribution in [-0.4, -0.2) is 12.8 Å². The first-order valence-corrected chi connectivity index (χ1v) is 3.12. The first-order valence-electron chi connectivity index (χ1n) is 3.12. The Morgan fingerprint density at radius 1 is 1.42 bits per heavy atom. The average molecular weight is 171 g/mol. The fourth-order valence-corrected chi connectivity index (χ4v) is 0.841. The Balaban J connectivity index is 3.37. The van der Waals surface area contributed by atoms with Crippen molar-refractivity contribution in [1.29, 1.82) is 0 Å². The summed E-state index contributed by atoms with van der Waals surface area (Å²) in [7, 11) is 1.27. The highest BCUT2D eigenvalue weighted by molar-refractivity contribution is 6.32. The lowest BCUT2D eigenvalue weighted by Gasteiger charge is -1.97. The van der Waals surface area contributed by atoms with Gasteiger partial charge in [0.15, 0.2) is 5.82 Å². The molecule has 0 aliphatic carbocycles. The zero-order valence-electron chi connectivity index (χ0n) is 6.17. The maximum Gasteiger partial charge on any atom is 0.307 e. The fraction of sp³-hybridized carbons (Fsp3) is 0. The van der Waals surface area contributed by atoms with Crippen LogP contribution >= 0.6 is 0 Å². The second-order valence-corrected chi connectivity index (χ2v) is 2.31. The van der Waals surface area contributed by atoms with Crippen molar-refractivity contribution in [2.75, 3.05) is 0 Å². The molecule has 0 unspecified atom stereocenters. The molecule has 0 radical (unpaired) electrons. The summed E-state index contributed by atoms with van der Waals surface area (Å²) in [6.07, 6.45) is 0. The van der Waals surface area contributed by atoms with Crippen LogP contribution in [0.5, 0.6) is 0 Å². The minimum absolute atomic E-state index is 0.0679. The van der Waals surface area contributed by atoms with Crippen LogP contribution in [0.25, 0.3) is 0 Å². The lowest BCUT2D eigenvalue weighted by Crippen LogP contribution is -2.11. The standard InChI is InChI=1S/C6H4BF2NO2/c7-4-1-3(8)2-5(6(4)9)10(11)12/h1-2H,7H2. The first-order chi connectivity index (χ1) is 5.52. The Hall–Kier alpha value is -1.46. The van der Waals surface area contributed by atoms with E-state index in [-0.39, 0.29) is 5.46 Å². The molecule has 0 saturated carbocycles. The van der Waals surface area contributed by atoms with Gasteiger partial charge >= 0.3 is 5.69 Å². The second kappa shape index (κ2) is 2.88. The molecule has 1 aromatic carbocycles. The third kappa shape index (κ3) is 1.41. The zero-order valence-corrected chi connectivity index (χ0v) is 6.17. The first kappa shape index (κ1) is 8.64. The SMILES string of the molecule is Bc1cc(F)cc([N+](=O)[O-])c1F. The van der Waals surface area contributed by atoms with Crippen molar-refractivity contribution < 1.29 is 13.7 Å². The molecule has 62 valence electrons. The Labute approximate surface area is 67.6 Å². The number of nitrogens with zero attached hydrogens (tertiary/aromatic N) is 1. The van der Waals surface area contributed by atoms with Gasteiger partial charge in [0.05, 0.1) is 11.0 Å². The Kier molecular flexibility index (Phi) is 2.08. The predicted octanol–water partition coefficient (Wildman–Crippen LogP) is 0.131. The molecule has 0 fully saturated rings. The van der Waals surface area contributed by atoms with Crippen molar-refractivity contribution in [3.63, 3.8) is 0 Å². The Morgan fingerprint density at radius 2 is 2.00 bits per heavy atom. The second-order valence-electron chi connectivity index (χ2n) is 2.31. The molecule has 3 nitrogen and oxygen atoms in total. The largest absolute Gasteiger partial charge is 0.307 e.